The van der Waals surface area contributed by atoms with Gasteiger partial charge in [0.2, 0.25) is 0 Å². The lowest BCUT2D eigenvalue weighted by molar-refractivity contribution is 0.0593. The minimum atomic E-state index is -0.488. The number of hydrogen-bond donors (Lipinski definition) is 1. The molecule has 0 aliphatic carbocycles. The molecule has 0 atom stereocenters. The largest absolute Gasteiger partial charge is 0.464 e. The lowest BCUT2D eigenvalue weighted by Gasteiger charge is -2.06. The maximum absolute atomic E-state index is 11.3. The van der Waals surface area contributed by atoms with E-state index in [0.29, 0.717) is 12.4 Å². The van der Waals surface area contributed by atoms with Crippen LogP contribution in [0.15, 0.2) is 23.2 Å². The van der Waals surface area contributed by atoms with Gasteiger partial charge in [0.15, 0.2) is 5.69 Å². The summed E-state index contributed by atoms with van der Waals surface area (Å²) >= 11 is 1.66. The van der Waals surface area contributed by atoms with Crippen molar-refractivity contribution in [1.82, 2.24) is 9.97 Å². The molecule has 0 saturated heterocycles. The van der Waals surface area contributed by atoms with Gasteiger partial charge in [0.05, 0.1) is 19.5 Å². The van der Waals surface area contributed by atoms with Crippen molar-refractivity contribution < 1.29 is 9.53 Å². The predicted molar refractivity (Wildman–Crippen MR) is 69.8 cm³/mol. The molecule has 5 nitrogen and oxygen atoms in total. The second-order valence-corrected chi connectivity index (χ2v) is 4.46. The number of esters is 1. The van der Waals surface area contributed by atoms with E-state index in [-0.39, 0.29) is 5.69 Å². The van der Waals surface area contributed by atoms with Crippen LogP contribution in [-0.4, -0.2) is 23.0 Å². The summed E-state index contributed by atoms with van der Waals surface area (Å²) in [5.41, 5.74) is 2.65. The fourth-order valence-electron chi connectivity index (χ4n) is 1.41. The Kier molecular flexibility index (Phi) is 3.88. The van der Waals surface area contributed by atoms with Crippen LogP contribution >= 0.6 is 11.3 Å². The highest BCUT2D eigenvalue weighted by Gasteiger charge is 2.08. The van der Waals surface area contributed by atoms with Gasteiger partial charge in [-0.25, -0.2) is 9.78 Å². The number of carbonyl (C=O) groups excluding carboxylic acids is 1. The molecule has 2 aromatic heterocycles. The Labute approximate surface area is 109 Å². The van der Waals surface area contributed by atoms with Gasteiger partial charge < -0.3 is 10.1 Å². The highest BCUT2D eigenvalue weighted by molar-refractivity contribution is 7.08. The van der Waals surface area contributed by atoms with E-state index in [1.54, 1.807) is 17.5 Å². The Balaban J connectivity index is 2.06. The number of nitrogens with one attached hydrogen (secondary N) is 1. The maximum atomic E-state index is 11.3. The van der Waals surface area contributed by atoms with E-state index in [1.165, 1.54) is 24.4 Å². The molecule has 18 heavy (non-hydrogen) atoms. The van der Waals surface area contributed by atoms with Crippen LogP contribution in [0, 0.1) is 6.92 Å². The second-order valence-electron chi connectivity index (χ2n) is 3.71. The number of anilines is 1. The number of carbonyl (C=O) groups is 1. The van der Waals surface area contributed by atoms with E-state index in [1.807, 2.05) is 0 Å². The van der Waals surface area contributed by atoms with Crippen LogP contribution < -0.4 is 5.32 Å². The van der Waals surface area contributed by atoms with Crippen LogP contribution in [0.25, 0.3) is 0 Å². The standard InChI is InChI=1S/C12H13N3O2S/c1-8-6-18-7-9(8)3-14-11-5-13-4-10(15-11)12(16)17-2/h4-7H,3H2,1-2H3,(H,14,15). The molecule has 0 bridgehead atoms. The van der Waals surface area contributed by atoms with Gasteiger partial charge in [-0.2, -0.15) is 11.3 Å². The maximum Gasteiger partial charge on any atom is 0.358 e. The molecule has 6 heteroatoms. The van der Waals surface area contributed by atoms with E-state index in [2.05, 4.69) is 37.7 Å². The highest BCUT2D eigenvalue weighted by Crippen LogP contribution is 2.15. The molecular formula is C12H13N3O2S. The molecule has 0 unspecified atom stereocenters. The van der Waals surface area contributed by atoms with Gasteiger partial charge >= 0.3 is 5.97 Å². The van der Waals surface area contributed by atoms with E-state index >= 15 is 0 Å². The zero-order valence-electron chi connectivity index (χ0n) is 10.1. The Bertz CT molecular complexity index is 554. The van der Waals surface area contributed by atoms with Crippen LogP contribution in [0.1, 0.15) is 21.6 Å². The third kappa shape index (κ3) is 2.84. The van der Waals surface area contributed by atoms with Crippen molar-refractivity contribution in [2.75, 3.05) is 12.4 Å². The van der Waals surface area contributed by atoms with Gasteiger partial charge in [-0.1, -0.05) is 0 Å². The number of aryl methyl sites for hydroxylation is 1. The molecule has 0 radical (unpaired) electrons. The average molecular weight is 263 g/mol. The number of hydrogen-bond acceptors (Lipinski definition) is 6. The molecule has 0 aliphatic rings. The first-order valence-corrected chi connectivity index (χ1v) is 6.31. The first kappa shape index (κ1) is 12.5. The summed E-state index contributed by atoms with van der Waals surface area (Å²) in [5.74, 6) is 0.0707. The summed E-state index contributed by atoms with van der Waals surface area (Å²) in [7, 11) is 1.32. The highest BCUT2D eigenvalue weighted by atomic mass is 32.1. The van der Waals surface area contributed by atoms with Crippen molar-refractivity contribution in [3.63, 3.8) is 0 Å². The van der Waals surface area contributed by atoms with E-state index in [4.69, 9.17) is 0 Å². The minimum absolute atomic E-state index is 0.199. The molecule has 94 valence electrons. The lowest BCUT2D eigenvalue weighted by atomic mass is 10.2. The molecule has 1 N–H and O–H groups in total. The monoisotopic (exact) mass is 263 g/mol. The molecule has 0 aromatic carbocycles. The van der Waals surface area contributed by atoms with Gasteiger partial charge in [0, 0.05) is 6.54 Å². The minimum Gasteiger partial charge on any atom is -0.464 e. The molecule has 2 heterocycles. The summed E-state index contributed by atoms with van der Waals surface area (Å²) in [6, 6.07) is 0. The van der Waals surface area contributed by atoms with Crippen molar-refractivity contribution in [3.05, 3.63) is 40.0 Å². The smallest absolute Gasteiger partial charge is 0.358 e. The lowest BCUT2D eigenvalue weighted by Crippen LogP contribution is -2.08. The summed E-state index contributed by atoms with van der Waals surface area (Å²) in [5, 5.41) is 7.31. The number of nitrogens with zero attached hydrogens (tertiary/aromatic N) is 2. The van der Waals surface area contributed by atoms with E-state index < -0.39 is 5.97 Å². The average Bonchev–Trinajstić information content (AvgIpc) is 2.81. The van der Waals surface area contributed by atoms with E-state index in [0.717, 1.165) is 0 Å². The zero-order chi connectivity index (χ0) is 13.0. The first-order valence-electron chi connectivity index (χ1n) is 5.36. The number of rotatable bonds is 4. The summed E-state index contributed by atoms with van der Waals surface area (Å²) < 4.78 is 4.59. The SMILES string of the molecule is COC(=O)c1cncc(NCc2cscc2C)n1. The van der Waals surface area contributed by atoms with Gasteiger partial charge in [0.1, 0.15) is 5.82 Å². The van der Waals surface area contributed by atoms with Crippen molar-refractivity contribution in [2.24, 2.45) is 0 Å². The van der Waals surface area contributed by atoms with Gasteiger partial charge in [-0.05, 0) is 28.8 Å². The molecule has 2 aromatic rings. The quantitative estimate of drug-likeness (QED) is 0.857. The first-order chi connectivity index (χ1) is 8.70. The van der Waals surface area contributed by atoms with Crippen molar-refractivity contribution in [2.45, 2.75) is 13.5 Å². The summed E-state index contributed by atoms with van der Waals surface area (Å²) in [4.78, 5) is 19.4. The summed E-state index contributed by atoms with van der Waals surface area (Å²) in [6.07, 6.45) is 2.96. The van der Waals surface area contributed by atoms with Gasteiger partial charge in [0.25, 0.3) is 0 Å². The number of thiophene rings is 1. The third-order valence-corrected chi connectivity index (χ3v) is 3.36. The Morgan fingerprint density at radius 1 is 1.44 bits per heavy atom. The van der Waals surface area contributed by atoms with Crippen molar-refractivity contribution in [1.29, 1.82) is 0 Å². The molecule has 0 aliphatic heterocycles. The van der Waals surface area contributed by atoms with Crippen LogP contribution in [0.2, 0.25) is 0 Å². The van der Waals surface area contributed by atoms with Crippen LogP contribution in [0.3, 0.4) is 0 Å². The number of aromatic nitrogens is 2. The normalized spacial score (nSPS) is 10.1. The van der Waals surface area contributed by atoms with Crippen LogP contribution in [-0.2, 0) is 11.3 Å². The topological polar surface area (TPSA) is 64.1 Å². The Morgan fingerprint density at radius 2 is 2.28 bits per heavy atom. The molecule has 0 amide bonds. The fraction of sp³-hybridized carbons (Fsp3) is 0.250. The second kappa shape index (κ2) is 5.59. The van der Waals surface area contributed by atoms with Gasteiger partial charge in [-0.3, -0.25) is 4.98 Å². The Hall–Kier alpha value is -1.95. The fourth-order valence-corrected chi connectivity index (χ4v) is 2.26. The molecule has 2 rings (SSSR count). The van der Waals surface area contributed by atoms with Crippen molar-refractivity contribution in [3.8, 4) is 0 Å². The Morgan fingerprint density at radius 3 is 2.94 bits per heavy atom. The molecule has 0 spiro atoms. The van der Waals surface area contributed by atoms with Crippen LogP contribution in [0.5, 0.6) is 0 Å². The zero-order valence-corrected chi connectivity index (χ0v) is 11.0. The predicted octanol–water partition coefficient (Wildman–Crippen LogP) is 2.25. The number of methoxy groups -OCH3 is 1. The molecule has 0 saturated carbocycles. The number of ether oxygens (including phenoxy) is 1. The molecular weight excluding hydrogens is 250 g/mol. The van der Waals surface area contributed by atoms with Gasteiger partial charge in [-0.15, -0.1) is 0 Å². The van der Waals surface area contributed by atoms with Crippen molar-refractivity contribution >= 4 is 23.1 Å². The molecule has 0 fully saturated rings. The summed E-state index contributed by atoms with van der Waals surface area (Å²) in [6.45, 7) is 2.72. The van der Waals surface area contributed by atoms with E-state index in [9.17, 15) is 4.79 Å². The van der Waals surface area contributed by atoms with Crippen LogP contribution in [0.4, 0.5) is 5.82 Å². The third-order valence-electron chi connectivity index (χ3n) is 2.45.